The van der Waals surface area contributed by atoms with Crippen molar-refractivity contribution in [3.63, 3.8) is 0 Å². The molecular formula is C6H6N4O3. The van der Waals surface area contributed by atoms with E-state index in [9.17, 15) is 9.59 Å². The van der Waals surface area contributed by atoms with Crippen molar-refractivity contribution in [3.8, 4) is 0 Å². The van der Waals surface area contributed by atoms with Gasteiger partial charge in [0.25, 0.3) is 5.56 Å². The van der Waals surface area contributed by atoms with Gasteiger partial charge in [-0.3, -0.25) is 14.8 Å². The standard InChI is InChI=1S/C6H6N4O3/c11-2-1-7-4-3(8-2)5(12)10-6(13)9-4/h1H2,(H,8,11)(H3,7,9,10,12,13). The summed E-state index contributed by atoms with van der Waals surface area (Å²) in [7, 11) is 0. The predicted octanol–water partition coefficient (Wildman–Crippen LogP) is -0.923. The largest absolute Gasteiger partial charge is 0.495 e. The topological polar surface area (TPSA) is 110 Å². The minimum absolute atomic E-state index is 0.0108. The highest BCUT2D eigenvalue weighted by atomic mass is 16.3. The Hall–Kier alpha value is -2.05. The number of hydrogen-bond donors (Lipinski definition) is 4. The lowest BCUT2D eigenvalue weighted by Crippen LogP contribution is -2.28. The highest BCUT2D eigenvalue weighted by Crippen LogP contribution is 2.17. The van der Waals surface area contributed by atoms with Crippen molar-refractivity contribution < 1.29 is 5.11 Å². The molecule has 0 aliphatic carbocycles. The second kappa shape index (κ2) is 2.47. The number of nitrogens with zero attached hydrogens (tertiary/aromatic N) is 1. The fourth-order valence-electron chi connectivity index (χ4n) is 1.05. The van der Waals surface area contributed by atoms with Crippen molar-refractivity contribution in [3.05, 3.63) is 20.8 Å². The molecule has 13 heavy (non-hydrogen) atoms. The van der Waals surface area contributed by atoms with Crippen LogP contribution < -0.4 is 16.6 Å². The molecule has 2 rings (SSSR count). The molecule has 4 N–H and O–H groups in total. The number of aliphatic hydroxyl groups is 1. The number of rotatable bonds is 0. The predicted molar refractivity (Wildman–Crippen MR) is 45.9 cm³/mol. The first-order valence-electron chi connectivity index (χ1n) is 3.54. The van der Waals surface area contributed by atoms with E-state index in [0.717, 1.165) is 0 Å². The third-order valence-corrected chi connectivity index (χ3v) is 1.58. The van der Waals surface area contributed by atoms with Crippen molar-refractivity contribution in [2.45, 2.75) is 0 Å². The first-order chi connectivity index (χ1) is 6.16. The zero-order valence-corrected chi connectivity index (χ0v) is 6.42. The second-order valence-electron chi connectivity index (χ2n) is 2.51. The molecule has 0 saturated carbocycles. The number of hydrogen-bond acceptors (Lipinski definition) is 4. The van der Waals surface area contributed by atoms with E-state index in [0.29, 0.717) is 0 Å². The van der Waals surface area contributed by atoms with E-state index in [1.54, 1.807) is 0 Å². The van der Waals surface area contributed by atoms with Crippen LogP contribution in [0.5, 0.6) is 0 Å². The van der Waals surface area contributed by atoms with Crippen LogP contribution in [0.1, 0.15) is 0 Å². The lowest BCUT2D eigenvalue weighted by Gasteiger charge is -2.11. The number of fused-ring (bicyclic) bond motifs is 1. The number of H-pyrrole nitrogens is 2. The molecule has 7 heteroatoms. The van der Waals surface area contributed by atoms with E-state index >= 15 is 0 Å². The quantitative estimate of drug-likeness (QED) is 0.415. The van der Waals surface area contributed by atoms with Gasteiger partial charge >= 0.3 is 5.69 Å². The van der Waals surface area contributed by atoms with Gasteiger partial charge in [-0.15, -0.1) is 0 Å². The molecule has 1 aromatic heterocycles. The van der Waals surface area contributed by atoms with Crippen LogP contribution in [0, 0.1) is 0 Å². The third kappa shape index (κ3) is 1.19. The number of aromatic nitrogens is 2. The molecule has 0 amide bonds. The monoisotopic (exact) mass is 182 g/mol. The Balaban J connectivity index is 2.75. The van der Waals surface area contributed by atoms with Crippen LogP contribution in [0.3, 0.4) is 0 Å². The van der Waals surface area contributed by atoms with Gasteiger partial charge < -0.3 is 10.4 Å². The minimum Gasteiger partial charge on any atom is -0.495 e. The highest BCUT2D eigenvalue weighted by molar-refractivity contribution is 5.86. The van der Waals surface area contributed by atoms with Crippen LogP contribution in [0.25, 0.3) is 0 Å². The van der Waals surface area contributed by atoms with E-state index in [-0.39, 0.29) is 23.9 Å². The molecule has 0 fully saturated rings. The average molecular weight is 182 g/mol. The fraction of sp³-hybridized carbons (Fsp3) is 0.167. The van der Waals surface area contributed by atoms with Crippen molar-refractivity contribution in [1.29, 1.82) is 0 Å². The van der Waals surface area contributed by atoms with E-state index in [2.05, 4.69) is 15.3 Å². The summed E-state index contributed by atoms with van der Waals surface area (Å²) in [5.41, 5.74) is -1.24. The summed E-state index contributed by atoms with van der Waals surface area (Å²) in [5, 5.41) is 11.6. The summed E-state index contributed by atoms with van der Waals surface area (Å²) in [6.45, 7) is 0.104. The Morgan fingerprint density at radius 2 is 2.08 bits per heavy atom. The summed E-state index contributed by atoms with van der Waals surface area (Å²) in [6, 6.07) is 0. The minimum atomic E-state index is -0.627. The zero-order chi connectivity index (χ0) is 9.42. The average Bonchev–Trinajstić information content (AvgIpc) is 2.06. The molecule has 0 radical (unpaired) electrons. The summed E-state index contributed by atoms with van der Waals surface area (Å²) in [6.07, 6.45) is 0. The van der Waals surface area contributed by atoms with Crippen molar-refractivity contribution in [2.75, 3.05) is 11.9 Å². The summed E-state index contributed by atoms with van der Waals surface area (Å²) in [5.74, 6) is 0.0385. The lowest BCUT2D eigenvalue weighted by molar-refractivity contribution is 0.542. The smallest absolute Gasteiger partial charge is 0.327 e. The number of aliphatic hydroxyl groups excluding tert-OH is 1. The number of nitrogens with one attached hydrogen (secondary N) is 3. The third-order valence-electron chi connectivity index (χ3n) is 1.58. The van der Waals surface area contributed by atoms with E-state index in [4.69, 9.17) is 5.11 Å². The maximum atomic E-state index is 11.1. The summed E-state index contributed by atoms with van der Waals surface area (Å²) >= 11 is 0. The molecule has 1 aliphatic rings. The molecule has 0 spiro atoms. The second-order valence-corrected chi connectivity index (χ2v) is 2.51. The van der Waals surface area contributed by atoms with Crippen molar-refractivity contribution in [1.82, 2.24) is 9.97 Å². The number of aliphatic imine (C=N–C) groups is 1. The normalized spacial score (nSPS) is 14.3. The molecule has 0 aromatic carbocycles. The maximum absolute atomic E-state index is 11.1. The van der Waals surface area contributed by atoms with Crippen LogP contribution in [-0.2, 0) is 0 Å². The first kappa shape index (κ1) is 7.59. The Labute approximate surface area is 71.2 Å². The lowest BCUT2D eigenvalue weighted by atomic mass is 10.4. The zero-order valence-electron chi connectivity index (χ0n) is 6.42. The van der Waals surface area contributed by atoms with Crippen LogP contribution in [0.15, 0.2) is 14.6 Å². The molecule has 0 saturated heterocycles. The fourth-order valence-corrected chi connectivity index (χ4v) is 1.05. The summed E-state index contributed by atoms with van der Waals surface area (Å²) < 4.78 is 0. The molecule has 0 unspecified atom stereocenters. The molecule has 2 heterocycles. The number of aromatic amines is 2. The van der Waals surface area contributed by atoms with Gasteiger partial charge in [0.15, 0.2) is 5.69 Å². The Morgan fingerprint density at radius 3 is 2.85 bits per heavy atom. The molecule has 1 aliphatic heterocycles. The van der Waals surface area contributed by atoms with Gasteiger partial charge in [-0.05, 0) is 0 Å². The number of anilines is 1. The molecule has 68 valence electrons. The first-order valence-corrected chi connectivity index (χ1v) is 3.54. The van der Waals surface area contributed by atoms with Gasteiger partial charge in [-0.1, -0.05) is 0 Å². The van der Waals surface area contributed by atoms with Crippen LogP contribution >= 0.6 is 0 Å². The van der Waals surface area contributed by atoms with Gasteiger partial charge in [-0.2, -0.15) is 0 Å². The van der Waals surface area contributed by atoms with E-state index in [1.165, 1.54) is 0 Å². The van der Waals surface area contributed by atoms with Crippen LogP contribution in [0.2, 0.25) is 0 Å². The van der Waals surface area contributed by atoms with Crippen molar-refractivity contribution in [2.24, 2.45) is 4.99 Å². The van der Waals surface area contributed by atoms with E-state index in [1.807, 2.05) is 4.98 Å². The van der Waals surface area contributed by atoms with Crippen LogP contribution in [-0.4, -0.2) is 27.5 Å². The van der Waals surface area contributed by atoms with Gasteiger partial charge in [0, 0.05) is 0 Å². The maximum Gasteiger partial charge on any atom is 0.327 e. The Morgan fingerprint density at radius 1 is 1.31 bits per heavy atom. The molecule has 0 atom stereocenters. The molecule has 0 bridgehead atoms. The van der Waals surface area contributed by atoms with Gasteiger partial charge in [0.05, 0.1) is 6.54 Å². The van der Waals surface area contributed by atoms with Gasteiger partial charge in [0.2, 0.25) is 5.90 Å². The van der Waals surface area contributed by atoms with Crippen molar-refractivity contribution >= 4 is 17.4 Å². The summed E-state index contributed by atoms with van der Waals surface area (Å²) in [4.78, 5) is 29.8. The van der Waals surface area contributed by atoms with E-state index < -0.39 is 11.2 Å². The van der Waals surface area contributed by atoms with Crippen LogP contribution in [0.4, 0.5) is 11.5 Å². The van der Waals surface area contributed by atoms with Gasteiger partial charge in [0.1, 0.15) is 5.82 Å². The molecule has 1 aromatic rings. The highest BCUT2D eigenvalue weighted by Gasteiger charge is 2.14. The Kier molecular flexibility index (Phi) is 1.44. The molecule has 7 nitrogen and oxygen atoms in total. The SMILES string of the molecule is O=c1[nH]c2c(c(=O)[nH]1)N=C(O)CN2. The molecular weight excluding hydrogens is 176 g/mol. The van der Waals surface area contributed by atoms with Gasteiger partial charge in [-0.25, -0.2) is 9.79 Å². The Bertz CT molecular complexity index is 483.